The number of fused-ring (bicyclic) bond motifs is 7. The van der Waals surface area contributed by atoms with Crippen molar-refractivity contribution in [3.63, 3.8) is 0 Å². The van der Waals surface area contributed by atoms with Gasteiger partial charge in [-0.2, -0.15) is 0 Å². The second-order valence-electron chi connectivity index (χ2n) is 14.1. The molecule has 1 aliphatic rings. The van der Waals surface area contributed by atoms with E-state index < -0.39 is 0 Å². The predicted octanol–water partition coefficient (Wildman–Crippen LogP) is 13.6. The SMILES string of the molecule is CC1(C)c2ccccc2-c2ccc(-c3c4ccccc4c(-c4cccc5ccccc45)c4cc(-c5ccc6ccccc6c5)ccc34)cc21. The van der Waals surface area contributed by atoms with Crippen molar-refractivity contribution in [1.82, 2.24) is 0 Å². The quantitative estimate of drug-likeness (QED) is 0.172. The van der Waals surface area contributed by atoms with Gasteiger partial charge in [0, 0.05) is 5.41 Å². The third kappa shape index (κ3) is 4.17. The zero-order valence-electron chi connectivity index (χ0n) is 27.7. The van der Waals surface area contributed by atoms with E-state index in [1.165, 1.54) is 98.7 Å². The van der Waals surface area contributed by atoms with Gasteiger partial charge in [-0.1, -0.05) is 166 Å². The van der Waals surface area contributed by atoms with Gasteiger partial charge in [0.15, 0.2) is 0 Å². The van der Waals surface area contributed by atoms with Crippen LogP contribution < -0.4 is 0 Å². The molecule has 10 rings (SSSR count). The minimum absolute atomic E-state index is 0.0698. The molecule has 0 heteroatoms. The molecule has 0 aliphatic heterocycles. The molecular weight excluding hydrogens is 589 g/mol. The molecule has 230 valence electrons. The average Bonchev–Trinajstić information content (AvgIpc) is 3.38. The fourth-order valence-corrected chi connectivity index (χ4v) is 8.63. The van der Waals surface area contributed by atoms with Gasteiger partial charge >= 0.3 is 0 Å². The van der Waals surface area contributed by atoms with Crippen LogP contribution in [0.3, 0.4) is 0 Å². The highest BCUT2D eigenvalue weighted by molar-refractivity contribution is 6.24. The Balaban J connectivity index is 1.31. The largest absolute Gasteiger partial charge is 0.0619 e. The molecule has 0 unspecified atom stereocenters. The topological polar surface area (TPSA) is 0 Å². The molecule has 1 aliphatic carbocycles. The Morgan fingerprint density at radius 3 is 1.73 bits per heavy atom. The van der Waals surface area contributed by atoms with E-state index in [-0.39, 0.29) is 5.41 Å². The van der Waals surface area contributed by atoms with Crippen LogP contribution in [0.1, 0.15) is 25.0 Å². The Morgan fingerprint density at radius 1 is 0.306 bits per heavy atom. The Labute approximate surface area is 286 Å². The smallest absolute Gasteiger partial charge is 0.0159 e. The number of hydrogen-bond acceptors (Lipinski definition) is 0. The summed E-state index contributed by atoms with van der Waals surface area (Å²) in [5, 5.41) is 10.2. The Kier molecular flexibility index (Phi) is 6.02. The van der Waals surface area contributed by atoms with Gasteiger partial charge in [-0.15, -0.1) is 0 Å². The second-order valence-corrected chi connectivity index (χ2v) is 14.1. The molecule has 0 nitrogen and oxygen atoms in total. The summed E-state index contributed by atoms with van der Waals surface area (Å²) in [5.41, 5.74) is 13.0. The fourth-order valence-electron chi connectivity index (χ4n) is 8.63. The molecule has 0 atom stereocenters. The van der Waals surface area contributed by atoms with Crippen molar-refractivity contribution in [2.75, 3.05) is 0 Å². The lowest BCUT2D eigenvalue weighted by Gasteiger charge is -2.23. The van der Waals surface area contributed by atoms with Crippen molar-refractivity contribution in [2.45, 2.75) is 19.3 Å². The molecule has 49 heavy (non-hydrogen) atoms. The van der Waals surface area contributed by atoms with E-state index in [0.29, 0.717) is 0 Å². The van der Waals surface area contributed by atoms with Crippen LogP contribution in [0.5, 0.6) is 0 Å². The van der Waals surface area contributed by atoms with E-state index in [1.807, 2.05) is 0 Å². The zero-order chi connectivity index (χ0) is 32.7. The van der Waals surface area contributed by atoms with Gasteiger partial charge in [0.05, 0.1) is 0 Å². The summed E-state index contributed by atoms with van der Waals surface area (Å²) in [7, 11) is 0. The lowest BCUT2D eigenvalue weighted by Crippen LogP contribution is -2.14. The summed E-state index contributed by atoms with van der Waals surface area (Å²) in [6.45, 7) is 4.74. The van der Waals surface area contributed by atoms with Crippen molar-refractivity contribution < 1.29 is 0 Å². The first-order chi connectivity index (χ1) is 24.1. The maximum absolute atomic E-state index is 2.48. The Bertz CT molecular complexity index is 2790. The molecular formula is C49H34. The van der Waals surface area contributed by atoms with Crippen LogP contribution in [-0.4, -0.2) is 0 Å². The third-order valence-corrected chi connectivity index (χ3v) is 11.0. The summed E-state index contributed by atoms with van der Waals surface area (Å²) in [4.78, 5) is 0. The average molecular weight is 623 g/mol. The number of benzene rings is 9. The summed E-state index contributed by atoms with van der Waals surface area (Å²) in [6, 6.07) is 63.3. The fraction of sp³-hybridized carbons (Fsp3) is 0.0612. The molecule has 0 heterocycles. The van der Waals surface area contributed by atoms with Gasteiger partial charge < -0.3 is 0 Å². The molecule has 0 amide bonds. The highest BCUT2D eigenvalue weighted by Crippen LogP contribution is 2.52. The normalized spacial score (nSPS) is 13.3. The maximum atomic E-state index is 2.48. The lowest BCUT2D eigenvalue weighted by molar-refractivity contribution is 0.660. The van der Waals surface area contributed by atoms with Crippen LogP contribution in [0.25, 0.3) is 87.6 Å². The van der Waals surface area contributed by atoms with E-state index in [2.05, 4.69) is 184 Å². The highest BCUT2D eigenvalue weighted by Gasteiger charge is 2.35. The molecule has 0 saturated carbocycles. The summed E-state index contributed by atoms with van der Waals surface area (Å²) in [6.07, 6.45) is 0. The van der Waals surface area contributed by atoms with E-state index in [1.54, 1.807) is 0 Å². The molecule has 0 spiro atoms. The first kappa shape index (κ1) is 28.1. The Morgan fingerprint density at radius 2 is 0.878 bits per heavy atom. The number of hydrogen-bond donors (Lipinski definition) is 0. The minimum atomic E-state index is -0.0698. The van der Waals surface area contributed by atoms with Crippen LogP contribution in [-0.2, 0) is 5.41 Å². The molecule has 9 aromatic carbocycles. The maximum Gasteiger partial charge on any atom is 0.0159 e. The predicted molar refractivity (Wildman–Crippen MR) is 210 cm³/mol. The van der Waals surface area contributed by atoms with Crippen LogP contribution >= 0.6 is 0 Å². The Hall–Kier alpha value is -5.98. The van der Waals surface area contributed by atoms with Gasteiger partial charge in [-0.3, -0.25) is 0 Å². The zero-order valence-corrected chi connectivity index (χ0v) is 27.7. The van der Waals surface area contributed by atoms with Crippen molar-refractivity contribution >= 4 is 43.1 Å². The third-order valence-electron chi connectivity index (χ3n) is 11.0. The van der Waals surface area contributed by atoms with Gasteiger partial charge in [0.25, 0.3) is 0 Å². The first-order valence-corrected chi connectivity index (χ1v) is 17.3. The summed E-state index contributed by atoms with van der Waals surface area (Å²) < 4.78 is 0. The van der Waals surface area contributed by atoms with Gasteiger partial charge in [0.1, 0.15) is 0 Å². The van der Waals surface area contributed by atoms with Crippen molar-refractivity contribution in [3.8, 4) is 44.5 Å². The molecule has 0 saturated heterocycles. The second kappa shape index (κ2) is 10.5. The summed E-state index contributed by atoms with van der Waals surface area (Å²) in [5.74, 6) is 0. The molecule has 9 aromatic rings. The van der Waals surface area contributed by atoms with Crippen LogP contribution in [0.4, 0.5) is 0 Å². The van der Waals surface area contributed by atoms with Crippen LogP contribution in [0, 0.1) is 0 Å². The molecule has 0 aromatic heterocycles. The van der Waals surface area contributed by atoms with Gasteiger partial charge in [0.2, 0.25) is 0 Å². The first-order valence-electron chi connectivity index (χ1n) is 17.3. The standard InChI is InChI=1S/C49H34/c1-49(2)45-21-10-9-17-38(45)39-26-25-36(30-46(39)49)47-41-18-7-8-19-42(41)48(40-20-11-15-32-13-5-6-16-37(32)40)44-29-35(24-27-43(44)47)34-23-22-31-12-3-4-14-33(31)28-34/h3-30H,1-2H3. The van der Waals surface area contributed by atoms with Crippen molar-refractivity contribution in [2.24, 2.45) is 0 Å². The van der Waals surface area contributed by atoms with E-state index >= 15 is 0 Å². The van der Waals surface area contributed by atoms with Crippen molar-refractivity contribution in [1.29, 1.82) is 0 Å². The van der Waals surface area contributed by atoms with Gasteiger partial charge in [-0.25, -0.2) is 0 Å². The minimum Gasteiger partial charge on any atom is -0.0619 e. The monoisotopic (exact) mass is 622 g/mol. The number of rotatable bonds is 3. The van der Waals surface area contributed by atoms with E-state index in [9.17, 15) is 0 Å². The van der Waals surface area contributed by atoms with E-state index in [0.717, 1.165) is 0 Å². The molecule has 0 N–H and O–H groups in total. The highest BCUT2D eigenvalue weighted by atomic mass is 14.4. The van der Waals surface area contributed by atoms with E-state index in [4.69, 9.17) is 0 Å². The lowest BCUT2D eigenvalue weighted by atomic mass is 9.80. The molecule has 0 bridgehead atoms. The molecule has 0 radical (unpaired) electrons. The van der Waals surface area contributed by atoms with Crippen LogP contribution in [0.15, 0.2) is 170 Å². The van der Waals surface area contributed by atoms with Gasteiger partial charge in [-0.05, 0) is 117 Å². The molecule has 0 fully saturated rings. The van der Waals surface area contributed by atoms with Crippen LogP contribution in [0.2, 0.25) is 0 Å². The summed E-state index contributed by atoms with van der Waals surface area (Å²) >= 11 is 0. The van der Waals surface area contributed by atoms with Crippen molar-refractivity contribution in [3.05, 3.63) is 181 Å².